The zero-order valence-corrected chi connectivity index (χ0v) is 13.6. The number of likely N-dealkylation sites (N-methyl/N-ethyl adjacent to an activating group) is 1. The molecule has 0 radical (unpaired) electrons. The molecule has 0 unspecified atom stereocenters. The van der Waals surface area contributed by atoms with E-state index in [1.165, 1.54) is 11.1 Å². The van der Waals surface area contributed by atoms with Crippen molar-refractivity contribution in [3.05, 3.63) is 29.6 Å². The van der Waals surface area contributed by atoms with Gasteiger partial charge in [0.2, 0.25) is 0 Å². The highest BCUT2D eigenvalue weighted by Gasteiger charge is 2.11. The summed E-state index contributed by atoms with van der Waals surface area (Å²) >= 11 is 5.92. The molecule has 0 aliphatic rings. The van der Waals surface area contributed by atoms with Gasteiger partial charge in [-0.2, -0.15) is 0 Å². The summed E-state index contributed by atoms with van der Waals surface area (Å²) in [5.41, 5.74) is 3.55. The SMILES string of the molecule is Cc1ccc2c(c1)nc(CCCl)n2CCN(C)C(C)C. The minimum absolute atomic E-state index is 0.559. The van der Waals surface area contributed by atoms with Crippen molar-refractivity contribution in [2.75, 3.05) is 19.5 Å². The number of halogens is 1. The fourth-order valence-corrected chi connectivity index (χ4v) is 2.50. The van der Waals surface area contributed by atoms with Crippen molar-refractivity contribution in [3.8, 4) is 0 Å². The number of hydrogen-bond donors (Lipinski definition) is 0. The second-order valence-corrected chi connectivity index (χ2v) is 6.06. The number of imidazole rings is 1. The summed E-state index contributed by atoms with van der Waals surface area (Å²) in [5.74, 6) is 1.71. The Hall–Kier alpha value is -1.06. The summed E-state index contributed by atoms with van der Waals surface area (Å²) in [6.07, 6.45) is 0.820. The van der Waals surface area contributed by atoms with Crippen LogP contribution >= 0.6 is 11.6 Å². The molecule has 20 heavy (non-hydrogen) atoms. The molecule has 110 valence electrons. The third-order valence-corrected chi connectivity index (χ3v) is 4.05. The maximum Gasteiger partial charge on any atom is 0.111 e. The molecule has 0 bridgehead atoms. The van der Waals surface area contributed by atoms with Gasteiger partial charge in [-0.1, -0.05) is 6.07 Å². The first-order chi connectivity index (χ1) is 9.52. The molecule has 0 spiro atoms. The van der Waals surface area contributed by atoms with Crippen LogP contribution in [-0.2, 0) is 13.0 Å². The zero-order valence-electron chi connectivity index (χ0n) is 12.9. The number of rotatable bonds is 6. The molecule has 0 atom stereocenters. The van der Waals surface area contributed by atoms with Gasteiger partial charge in [0.1, 0.15) is 5.82 Å². The lowest BCUT2D eigenvalue weighted by Gasteiger charge is -2.21. The standard InChI is InChI=1S/C16H24ClN3/c1-12(2)19(4)9-10-20-15-6-5-13(3)11-14(15)18-16(20)7-8-17/h5-6,11-12H,7-10H2,1-4H3. The summed E-state index contributed by atoms with van der Waals surface area (Å²) in [5, 5.41) is 0. The largest absolute Gasteiger partial charge is 0.327 e. The van der Waals surface area contributed by atoms with Gasteiger partial charge in [-0.3, -0.25) is 0 Å². The lowest BCUT2D eigenvalue weighted by atomic mass is 10.2. The highest BCUT2D eigenvalue weighted by Crippen LogP contribution is 2.18. The number of aromatic nitrogens is 2. The Balaban J connectivity index is 2.31. The molecular weight excluding hydrogens is 270 g/mol. The van der Waals surface area contributed by atoms with Crippen LogP contribution in [0.1, 0.15) is 25.2 Å². The summed E-state index contributed by atoms with van der Waals surface area (Å²) in [7, 11) is 2.16. The number of benzene rings is 1. The Kier molecular flexibility index (Phi) is 5.06. The molecule has 0 aliphatic carbocycles. The fraction of sp³-hybridized carbons (Fsp3) is 0.562. The zero-order chi connectivity index (χ0) is 14.7. The van der Waals surface area contributed by atoms with E-state index in [1.54, 1.807) is 0 Å². The molecule has 0 aliphatic heterocycles. The van der Waals surface area contributed by atoms with Gasteiger partial charge < -0.3 is 9.47 Å². The summed E-state index contributed by atoms with van der Waals surface area (Å²) in [6.45, 7) is 8.52. The smallest absolute Gasteiger partial charge is 0.111 e. The van der Waals surface area contributed by atoms with Crippen LogP contribution < -0.4 is 0 Å². The van der Waals surface area contributed by atoms with E-state index in [-0.39, 0.29) is 0 Å². The van der Waals surface area contributed by atoms with Crippen LogP contribution in [0.15, 0.2) is 18.2 Å². The highest BCUT2D eigenvalue weighted by molar-refractivity contribution is 6.17. The summed E-state index contributed by atoms with van der Waals surface area (Å²) in [4.78, 5) is 7.10. The van der Waals surface area contributed by atoms with Crippen LogP contribution in [0.25, 0.3) is 11.0 Å². The lowest BCUT2D eigenvalue weighted by Crippen LogP contribution is -2.30. The molecule has 0 N–H and O–H groups in total. The number of hydrogen-bond acceptors (Lipinski definition) is 2. The predicted octanol–water partition coefficient (Wildman–Crippen LogP) is 3.47. The monoisotopic (exact) mass is 293 g/mol. The first-order valence-corrected chi connectivity index (χ1v) is 7.78. The van der Waals surface area contributed by atoms with E-state index in [0.717, 1.165) is 30.9 Å². The Morgan fingerprint density at radius 2 is 2.10 bits per heavy atom. The van der Waals surface area contributed by atoms with E-state index in [2.05, 4.69) is 55.5 Å². The second-order valence-electron chi connectivity index (χ2n) is 5.69. The second kappa shape index (κ2) is 6.59. The third-order valence-electron chi connectivity index (χ3n) is 3.86. The van der Waals surface area contributed by atoms with Gasteiger partial charge in [0, 0.05) is 31.4 Å². The first-order valence-electron chi connectivity index (χ1n) is 7.25. The van der Waals surface area contributed by atoms with Crippen LogP contribution in [0.5, 0.6) is 0 Å². The van der Waals surface area contributed by atoms with Crippen LogP contribution in [0.4, 0.5) is 0 Å². The molecule has 0 saturated heterocycles. The maximum atomic E-state index is 5.92. The fourth-order valence-electron chi connectivity index (χ4n) is 2.33. The summed E-state index contributed by atoms with van der Waals surface area (Å²) in [6, 6.07) is 7.03. The third kappa shape index (κ3) is 3.33. The first kappa shape index (κ1) is 15.3. The van der Waals surface area contributed by atoms with Gasteiger partial charge in [-0.05, 0) is 45.5 Å². The Morgan fingerprint density at radius 1 is 1.35 bits per heavy atom. The molecule has 0 amide bonds. The minimum atomic E-state index is 0.559. The molecule has 3 nitrogen and oxygen atoms in total. The van der Waals surface area contributed by atoms with Crippen molar-refractivity contribution in [2.45, 2.75) is 39.8 Å². The maximum absolute atomic E-state index is 5.92. The predicted molar refractivity (Wildman–Crippen MR) is 86.7 cm³/mol. The van der Waals surface area contributed by atoms with Gasteiger partial charge in [0.05, 0.1) is 11.0 Å². The van der Waals surface area contributed by atoms with Crippen LogP contribution in [0.2, 0.25) is 0 Å². The molecule has 0 fully saturated rings. The molecule has 1 aromatic carbocycles. The van der Waals surface area contributed by atoms with Gasteiger partial charge in [0.25, 0.3) is 0 Å². The molecular formula is C16H24ClN3. The number of aryl methyl sites for hydroxylation is 2. The lowest BCUT2D eigenvalue weighted by molar-refractivity contribution is 0.263. The van der Waals surface area contributed by atoms with E-state index in [0.29, 0.717) is 11.9 Å². The molecule has 0 saturated carbocycles. The van der Waals surface area contributed by atoms with Crippen molar-refractivity contribution in [2.24, 2.45) is 0 Å². The van der Waals surface area contributed by atoms with Gasteiger partial charge >= 0.3 is 0 Å². The van der Waals surface area contributed by atoms with E-state index in [4.69, 9.17) is 16.6 Å². The Bertz CT molecular complexity index is 574. The normalized spacial score (nSPS) is 11.9. The van der Waals surface area contributed by atoms with E-state index in [1.807, 2.05) is 0 Å². The van der Waals surface area contributed by atoms with Crippen molar-refractivity contribution < 1.29 is 0 Å². The molecule has 1 heterocycles. The van der Waals surface area contributed by atoms with Crippen LogP contribution in [-0.4, -0.2) is 40.0 Å². The van der Waals surface area contributed by atoms with Gasteiger partial charge in [0.15, 0.2) is 0 Å². The van der Waals surface area contributed by atoms with E-state index < -0.39 is 0 Å². The molecule has 1 aromatic heterocycles. The number of nitrogens with zero attached hydrogens (tertiary/aromatic N) is 3. The highest BCUT2D eigenvalue weighted by atomic mass is 35.5. The topological polar surface area (TPSA) is 21.1 Å². The van der Waals surface area contributed by atoms with Crippen LogP contribution in [0.3, 0.4) is 0 Å². The van der Waals surface area contributed by atoms with Gasteiger partial charge in [-0.25, -0.2) is 4.98 Å². The average molecular weight is 294 g/mol. The number of fused-ring (bicyclic) bond motifs is 1. The minimum Gasteiger partial charge on any atom is -0.327 e. The van der Waals surface area contributed by atoms with Crippen LogP contribution in [0, 0.1) is 6.92 Å². The Morgan fingerprint density at radius 3 is 2.75 bits per heavy atom. The van der Waals surface area contributed by atoms with E-state index in [9.17, 15) is 0 Å². The average Bonchev–Trinajstić information content (AvgIpc) is 2.72. The summed E-state index contributed by atoms with van der Waals surface area (Å²) < 4.78 is 2.32. The molecule has 2 aromatic rings. The molecule has 4 heteroatoms. The van der Waals surface area contributed by atoms with Crippen molar-refractivity contribution in [1.82, 2.24) is 14.5 Å². The van der Waals surface area contributed by atoms with Crippen molar-refractivity contribution in [3.63, 3.8) is 0 Å². The van der Waals surface area contributed by atoms with Crippen molar-refractivity contribution >= 4 is 22.6 Å². The van der Waals surface area contributed by atoms with Gasteiger partial charge in [-0.15, -0.1) is 11.6 Å². The van der Waals surface area contributed by atoms with E-state index >= 15 is 0 Å². The quantitative estimate of drug-likeness (QED) is 0.761. The molecule has 2 rings (SSSR count). The number of alkyl halides is 1. The Labute approximate surface area is 126 Å². The van der Waals surface area contributed by atoms with Crippen molar-refractivity contribution in [1.29, 1.82) is 0 Å².